The Labute approximate surface area is 110 Å². The molecular weight excluding hydrogens is 232 g/mol. The van der Waals surface area contributed by atoms with Gasteiger partial charge in [0, 0.05) is 26.7 Å². The number of allylic oxidation sites excluding steroid dienone is 1. The average molecular weight is 258 g/mol. The Morgan fingerprint density at radius 3 is 2.72 bits per heavy atom. The fourth-order valence-corrected chi connectivity index (χ4v) is 1.79. The van der Waals surface area contributed by atoms with Gasteiger partial charge in [-0.2, -0.15) is 0 Å². The normalized spacial score (nSPS) is 15.0. The Bertz CT molecular complexity index is 257. The highest BCUT2D eigenvalue weighted by molar-refractivity contribution is 5.77. The maximum Gasteiger partial charge on any atom is 0.246 e. The third-order valence-electron chi connectivity index (χ3n) is 2.45. The first-order valence-corrected chi connectivity index (χ1v) is 6.24. The molecule has 0 spiro atoms. The van der Waals surface area contributed by atoms with Crippen LogP contribution in [0.15, 0.2) is 12.2 Å². The molecule has 18 heavy (non-hydrogen) atoms. The van der Waals surface area contributed by atoms with E-state index in [0.29, 0.717) is 12.5 Å². The first kappa shape index (κ1) is 17.1. The number of rotatable bonds is 9. The SMILES string of the molecule is C/C=C\C(C)CN(C)CC(O)CNC(=O)COC. The maximum absolute atomic E-state index is 11.1. The molecule has 0 aromatic heterocycles. The van der Waals surface area contributed by atoms with Crippen LogP contribution in [-0.4, -0.2) is 62.4 Å². The molecule has 5 heteroatoms. The molecule has 0 aromatic carbocycles. The summed E-state index contributed by atoms with van der Waals surface area (Å²) in [7, 11) is 3.42. The Balaban J connectivity index is 3.79. The Hall–Kier alpha value is -0.910. The van der Waals surface area contributed by atoms with E-state index in [9.17, 15) is 9.90 Å². The maximum atomic E-state index is 11.1. The molecule has 0 radical (unpaired) electrons. The zero-order valence-corrected chi connectivity index (χ0v) is 11.8. The predicted octanol–water partition coefficient (Wildman–Crippen LogP) is 0.254. The molecule has 2 N–H and O–H groups in total. The zero-order valence-electron chi connectivity index (χ0n) is 11.8. The lowest BCUT2D eigenvalue weighted by molar-refractivity contribution is -0.125. The molecule has 5 nitrogen and oxygen atoms in total. The molecule has 0 saturated carbocycles. The zero-order chi connectivity index (χ0) is 14.0. The monoisotopic (exact) mass is 258 g/mol. The molecule has 0 bridgehead atoms. The van der Waals surface area contributed by atoms with E-state index in [1.165, 1.54) is 7.11 Å². The second-order valence-electron chi connectivity index (χ2n) is 4.62. The highest BCUT2D eigenvalue weighted by Gasteiger charge is 2.11. The largest absolute Gasteiger partial charge is 0.390 e. The number of amides is 1. The van der Waals surface area contributed by atoms with E-state index in [4.69, 9.17) is 0 Å². The molecule has 0 aliphatic rings. The van der Waals surface area contributed by atoms with E-state index in [-0.39, 0.29) is 19.1 Å². The quantitative estimate of drug-likeness (QED) is 0.582. The molecule has 1 amide bonds. The molecule has 106 valence electrons. The van der Waals surface area contributed by atoms with Gasteiger partial charge in [-0.1, -0.05) is 19.1 Å². The van der Waals surface area contributed by atoms with Gasteiger partial charge in [-0.05, 0) is 19.9 Å². The summed E-state index contributed by atoms with van der Waals surface area (Å²) >= 11 is 0. The van der Waals surface area contributed by atoms with Crippen molar-refractivity contribution in [3.63, 3.8) is 0 Å². The number of carbonyl (C=O) groups is 1. The van der Waals surface area contributed by atoms with E-state index in [2.05, 4.69) is 28.0 Å². The Morgan fingerprint density at radius 2 is 2.17 bits per heavy atom. The van der Waals surface area contributed by atoms with Crippen LogP contribution in [0.5, 0.6) is 0 Å². The van der Waals surface area contributed by atoms with Crippen molar-refractivity contribution < 1.29 is 14.6 Å². The summed E-state index contributed by atoms with van der Waals surface area (Å²) in [6, 6.07) is 0. The first-order valence-electron chi connectivity index (χ1n) is 6.24. The van der Waals surface area contributed by atoms with Crippen LogP contribution in [-0.2, 0) is 9.53 Å². The molecule has 0 aromatic rings. The number of carbonyl (C=O) groups excluding carboxylic acids is 1. The van der Waals surface area contributed by atoms with Gasteiger partial charge in [-0.15, -0.1) is 0 Å². The molecule has 0 heterocycles. The summed E-state index contributed by atoms with van der Waals surface area (Å²) in [5, 5.41) is 12.4. The number of nitrogens with zero attached hydrogens (tertiary/aromatic N) is 1. The highest BCUT2D eigenvalue weighted by atomic mass is 16.5. The fourth-order valence-electron chi connectivity index (χ4n) is 1.79. The van der Waals surface area contributed by atoms with Gasteiger partial charge >= 0.3 is 0 Å². The highest BCUT2D eigenvalue weighted by Crippen LogP contribution is 2.00. The van der Waals surface area contributed by atoms with Gasteiger partial charge in [0.05, 0.1) is 6.10 Å². The van der Waals surface area contributed by atoms with Crippen LogP contribution >= 0.6 is 0 Å². The van der Waals surface area contributed by atoms with E-state index in [1.807, 2.05) is 20.0 Å². The van der Waals surface area contributed by atoms with Gasteiger partial charge in [-0.25, -0.2) is 0 Å². The van der Waals surface area contributed by atoms with Crippen LogP contribution in [0.1, 0.15) is 13.8 Å². The van der Waals surface area contributed by atoms with Crippen LogP contribution in [0, 0.1) is 5.92 Å². The van der Waals surface area contributed by atoms with Gasteiger partial charge < -0.3 is 20.1 Å². The molecule has 2 atom stereocenters. The van der Waals surface area contributed by atoms with Gasteiger partial charge in [0.2, 0.25) is 5.91 Å². The van der Waals surface area contributed by atoms with Gasteiger partial charge in [0.25, 0.3) is 0 Å². The van der Waals surface area contributed by atoms with Crippen molar-refractivity contribution in [2.45, 2.75) is 20.0 Å². The van der Waals surface area contributed by atoms with E-state index < -0.39 is 6.10 Å². The van der Waals surface area contributed by atoms with Crippen molar-refractivity contribution in [2.24, 2.45) is 5.92 Å². The number of likely N-dealkylation sites (N-methyl/N-ethyl adjacent to an activating group) is 1. The number of ether oxygens (including phenoxy) is 1. The lowest BCUT2D eigenvalue weighted by atomic mass is 10.1. The fraction of sp³-hybridized carbons (Fsp3) is 0.769. The minimum Gasteiger partial charge on any atom is -0.390 e. The van der Waals surface area contributed by atoms with Crippen molar-refractivity contribution in [3.8, 4) is 0 Å². The average Bonchev–Trinajstić information content (AvgIpc) is 2.26. The summed E-state index contributed by atoms with van der Waals surface area (Å²) in [6.07, 6.45) is 3.59. The number of hydrogen-bond acceptors (Lipinski definition) is 4. The van der Waals surface area contributed by atoms with Crippen LogP contribution < -0.4 is 5.32 Å². The second-order valence-corrected chi connectivity index (χ2v) is 4.62. The minimum atomic E-state index is -0.561. The Kier molecular flexibility index (Phi) is 9.55. The predicted molar refractivity (Wildman–Crippen MR) is 72.4 cm³/mol. The number of methoxy groups -OCH3 is 1. The lowest BCUT2D eigenvalue weighted by Crippen LogP contribution is -2.40. The van der Waals surface area contributed by atoms with Crippen LogP contribution in [0.4, 0.5) is 0 Å². The van der Waals surface area contributed by atoms with Crippen LogP contribution in [0.3, 0.4) is 0 Å². The number of hydrogen-bond donors (Lipinski definition) is 2. The third-order valence-corrected chi connectivity index (χ3v) is 2.45. The van der Waals surface area contributed by atoms with Crippen molar-refractivity contribution in [1.29, 1.82) is 0 Å². The summed E-state index contributed by atoms with van der Waals surface area (Å²) < 4.78 is 4.68. The van der Waals surface area contributed by atoms with Crippen LogP contribution in [0.2, 0.25) is 0 Å². The molecule has 0 aliphatic carbocycles. The molecule has 0 rings (SSSR count). The molecule has 2 unspecified atom stereocenters. The van der Waals surface area contributed by atoms with E-state index in [1.54, 1.807) is 0 Å². The number of aliphatic hydroxyl groups excluding tert-OH is 1. The summed E-state index contributed by atoms with van der Waals surface area (Å²) in [5.74, 6) is 0.247. The molecular formula is C13H26N2O3. The van der Waals surface area contributed by atoms with E-state index >= 15 is 0 Å². The topological polar surface area (TPSA) is 61.8 Å². The standard InChI is InChI=1S/C13H26N2O3/c1-5-6-11(2)8-15(3)9-12(16)7-14-13(17)10-18-4/h5-6,11-12,16H,7-10H2,1-4H3,(H,14,17)/b6-5-. The summed E-state index contributed by atoms with van der Waals surface area (Å²) in [4.78, 5) is 13.2. The third kappa shape index (κ3) is 9.15. The Morgan fingerprint density at radius 1 is 1.50 bits per heavy atom. The lowest BCUT2D eigenvalue weighted by Gasteiger charge is -2.22. The molecule has 0 fully saturated rings. The van der Waals surface area contributed by atoms with Crippen molar-refractivity contribution in [1.82, 2.24) is 10.2 Å². The minimum absolute atomic E-state index is 0.0287. The summed E-state index contributed by atoms with van der Waals surface area (Å²) in [5.41, 5.74) is 0. The van der Waals surface area contributed by atoms with Gasteiger partial charge in [-0.3, -0.25) is 4.79 Å². The molecule has 0 aliphatic heterocycles. The van der Waals surface area contributed by atoms with Crippen molar-refractivity contribution in [2.75, 3.05) is 40.4 Å². The van der Waals surface area contributed by atoms with E-state index in [0.717, 1.165) is 6.54 Å². The van der Waals surface area contributed by atoms with Gasteiger partial charge in [0.1, 0.15) is 6.61 Å². The van der Waals surface area contributed by atoms with Crippen LogP contribution in [0.25, 0.3) is 0 Å². The van der Waals surface area contributed by atoms with Gasteiger partial charge in [0.15, 0.2) is 0 Å². The molecule has 0 saturated heterocycles. The number of aliphatic hydroxyl groups is 1. The van der Waals surface area contributed by atoms with Crippen molar-refractivity contribution in [3.05, 3.63) is 12.2 Å². The summed E-state index contributed by atoms with van der Waals surface area (Å²) in [6.45, 7) is 5.83. The second kappa shape index (κ2) is 10.1. The van der Waals surface area contributed by atoms with Crippen molar-refractivity contribution >= 4 is 5.91 Å². The first-order chi connectivity index (χ1) is 8.49. The smallest absolute Gasteiger partial charge is 0.246 e. The number of nitrogens with one attached hydrogen (secondary N) is 1.